The van der Waals surface area contributed by atoms with Crippen molar-refractivity contribution in [2.75, 3.05) is 5.32 Å². The van der Waals surface area contributed by atoms with Gasteiger partial charge >= 0.3 is 6.09 Å². The largest absolute Gasteiger partial charge is 0.444 e. The summed E-state index contributed by atoms with van der Waals surface area (Å²) in [6.45, 7) is 12.9. The zero-order valence-electron chi connectivity index (χ0n) is 24.5. The summed E-state index contributed by atoms with van der Waals surface area (Å²) >= 11 is 0. The number of carbonyl (C=O) groups is 4. The summed E-state index contributed by atoms with van der Waals surface area (Å²) in [6.07, 6.45) is -0.222. The zero-order chi connectivity index (χ0) is 29.8. The lowest BCUT2D eigenvalue weighted by Crippen LogP contribution is -2.53. The second kappa shape index (κ2) is 12.5. The minimum atomic E-state index is -1.12. The molecule has 0 spiro atoms. The van der Waals surface area contributed by atoms with Crippen molar-refractivity contribution >= 4 is 29.5 Å². The number of ether oxygens (including phenoxy) is 1. The molecule has 4 unspecified atom stereocenters. The molecule has 0 saturated heterocycles. The predicted octanol–water partition coefficient (Wildman–Crippen LogP) is 4.69. The fourth-order valence-corrected chi connectivity index (χ4v) is 4.92. The van der Waals surface area contributed by atoms with Gasteiger partial charge in [-0.1, -0.05) is 43.3 Å². The van der Waals surface area contributed by atoms with Gasteiger partial charge in [-0.2, -0.15) is 0 Å². The smallest absolute Gasteiger partial charge is 0.408 e. The molecule has 4 amide bonds. The van der Waals surface area contributed by atoms with Crippen LogP contribution >= 0.6 is 0 Å². The monoisotopic (exact) mass is 550 g/mol. The van der Waals surface area contributed by atoms with Gasteiger partial charge in [0.2, 0.25) is 11.8 Å². The van der Waals surface area contributed by atoms with Crippen LogP contribution in [-0.2, 0) is 19.1 Å². The van der Waals surface area contributed by atoms with Crippen molar-refractivity contribution in [3.05, 3.63) is 64.7 Å². The van der Waals surface area contributed by atoms with Crippen LogP contribution in [0.2, 0.25) is 0 Å². The number of aryl methyl sites for hydroxylation is 3. The summed E-state index contributed by atoms with van der Waals surface area (Å²) in [7, 11) is 0. The van der Waals surface area contributed by atoms with Gasteiger partial charge in [0, 0.05) is 18.2 Å². The summed E-state index contributed by atoms with van der Waals surface area (Å²) in [6, 6.07) is 10.9. The SMILES string of the molecule is Cc1ccccc1NC(=O)C(c1c(C)cccc1C)N(C(=O)C(CCC(N)=O)NC(=O)OC(C)(C)C)C1CC1C. The fourth-order valence-electron chi connectivity index (χ4n) is 4.92. The van der Waals surface area contributed by atoms with Crippen LogP contribution < -0.4 is 16.4 Å². The molecule has 2 aromatic carbocycles. The van der Waals surface area contributed by atoms with Gasteiger partial charge in [-0.05, 0) is 88.6 Å². The third kappa shape index (κ3) is 7.83. The second-order valence-corrected chi connectivity index (χ2v) is 11.7. The van der Waals surface area contributed by atoms with Gasteiger partial charge in [0.25, 0.3) is 5.91 Å². The average Bonchev–Trinajstić information content (AvgIpc) is 3.56. The van der Waals surface area contributed by atoms with E-state index in [1.807, 2.05) is 70.2 Å². The number of carbonyl (C=O) groups excluding carboxylic acids is 4. The van der Waals surface area contributed by atoms with Crippen molar-refractivity contribution in [3.63, 3.8) is 0 Å². The molecule has 0 radical (unpaired) electrons. The van der Waals surface area contributed by atoms with Crippen LogP contribution in [-0.4, -0.2) is 46.4 Å². The summed E-state index contributed by atoms with van der Waals surface area (Å²) in [5.74, 6) is -1.27. The zero-order valence-corrected chi connectivity index (χ0v) is 24.5. The normalized spacial score (nSPS) is 17.8. The number of para-hydroxylation sites is 1. The van der Waals surface area contributed by atoms with Crippen LogP contribution in [0.1, 0.15) is 75.3 Å². The summed E-state index contributed by atoms with van der Waals surface area (Å²) in [5.41, 5.74) is 8.62. The number of benzene rings is 2. The van der Waals surface area contributed by atoms with Gasteiger partial charge in [-0.15, -0.1) is 0 Å². The third-order valence-electron chi connectivity index (χ3n) is 7.09. The standard InChI is InChI=1S/C31H42N4O5/c1-18-11-8-9-14-22(18)33-28(37)27(26-19(2)12-10-13-20(26)3)35(24-17-21(24)4)29(38)23(15-16-25(32)36)34-30(39)40-31(5,6)7/h8-14,21,23-24,27H,15-17H2,1-7H3,(H2,32,36)(H,33,37)(H,34,39). The van der Waals surface area contributed by atoms with E-state index in [4.69, 9.17) is 10.5 Å². The second-order valence-electron chi connectivity index (χ2n) is 11.7. The molecule has 0 aromatic heterocycles. The Bertz CT molecular complexity index is 1250. The first-order chi connectivity index (χ1) is 18.7. The lowest BCUT2D eigenvalue weighted by atomic mass is 9.93. The Hall–Kier alpha value is -3.88. The molecule has 9 heteroatoms. The highest BCUT2D eigenvalue weighted by Crippen LogP contribution is 2.42. The molecular weight excluding hydrogens is 508 g/mol. The van der Waals surface area contributed by atoms with Crippen LogP contribution in [0.25, 0.3) is 0 Å². The van der Waals surface area contributed by atoms with Crippen molar-refractivity contribution in [1.82, 2.24) is 10.2 Å². The maximum Gasteiger partial charge on any atom is 0.408 e. The summed E-state index contributed by atoms with van der Waals surface area (Å²) in [5, 5.41) is 5.69. The highest BCUT2D eigenvalue weighted by molar-refractivity contribution is 6.00. The number of rotatable bonds is 10. The van der Waals surface area contributed by atoms with Gasteiger partial charge < -0.3 is 26.0 Å². The first-order valence-corrected chi connectivity index (χ1v) is 13.7. The molecule has 0 aliphatic heterocycles. The number of anilines is 1. The van der Waals surface area contributed by atoms with Crippen LogP contribution in [0.15, 0.2) is 42.5 Å². The Morgan fingerprint density at radius 3 is 2.10 bits per heavy atom. The van der Waals surface area contributed by atoms with Crippen LogP contribution in [0.3, 0.4) is 0 Å². The van der Waals surface area contributed by atoms with E-state index in [2.05, 4.69) is 10.6 Å². The Balaban J connectivity index is 2.09. The number of hydrogen-bond donors (Lipinski definition) is 3. The average molecular weight is 551 g/mol. The van der Waals surface area contributed by atoms with Gasteiger partial charge in [-0.25, -0.2) is 4.79 Å². The van der Waals surface area contributed by atoms with E-state index < -0.39 is 35.6 Å². The number of nitrogens with one attached hydrogen (secondary N) is 2. The van der Waals surface area contributed by atoms with Gasteiger partial charge in [0.1, 0.15) is 17.7 Å². The maximum absolute atomic E-state index is 14.4. The highest BCUT2D eigenvalue weighted by Gasteiger charge is 2.48. The Morgan fingerprint density at radius 1 is 1.00 bits per heavy atom. The summed E-state index contributed by atoms with van der Waals surface area (Å²) < 4.78 is 5.41. The van der Waals surface area contributed by atoms with Crippen molar-refractivity contribution in [3.8, 4) is 0 Å². The molecule has 1 fully saturated rings. The van der Waals surface area contributed by atoms with Gasteiger partial charge in [-0.3, -0.25) is 14.4 Å². The van der Waals surface area contributed by atoms with Gasteiger partial charge in [0.15, 0.2) is 0 Å². The number of primary amides is 1. The van der Waals surface area contributed by atoms with Crippen molar-refractivity contribution in [1.29, 1.82) is 0 Å². The first kappa shape index (κ1) is 30.7. The molecule has 2 aromatic rings. The van der Waals surface area contributed by atoms with E-state index >= 15 is 0 Å². The molecule has 216 valence electrons. The highest BCUT2D eigenvalue weighted by atomic mass is 16.6. The maximum atomic E-state index is 14.4. The molecule has 1 aliphatic carbocycles. The molecule has 4 atom stereocenters. The Morgan fingerprint density at radius 2 is 1.57 bits per heavy atom. The minimum absolute atomic E-state index is 0.0239. The molecule has 0 bridgehead atoms. The van der Waals surface area contributed by atoms with E-state index in [1.54, 1.807) is 25.7 Å². The molecule has 0 heterocycles. The van der Waals surface area contributed by atoms with Crippen LogP contribution in [0.5, 0.6) is 0 Å². The number of alkyl carbamates (subject to hydrolysis) is 1. The molecule has 1 aliphatic rings. The summed E-state index contributed by atoms with van der Waals surface area (Å²) in [4.78, 5) is 54.6. The Kier molecular flexibility index (Phi) is 9.60. The van der Waals surface area contributed by atoms with Crippen LogP contribution in [0.4, 0.5) is 10.5 Å². The number of nitrogens with zero attached hydrogens (tertiary/aromatic N) is 1. The molecule has 4 N–H and O–H groups in total. The first-order valence-electron chi connectivity index (χ1n) is 13.7. The van der Waals surface area contributed by atoms with E-state index in [0.29, 0.717) is 12.1 Å². The van der Waals surface area contributed by atoms with Crippen LogP contribution in [0, 0.1) is 26.7 Å². The lowest BCUT2D eigenvalue weighted by molar-refractivity contribution is -0.142. The van der Waals surface area contributed by atoms with Gasteiger partial charge in [0.05, 0.1) is 0 Å². The van der Waals surface area contributed by atoms with Crippen molar-refractivity contribution < 1.29 is 23.9 Å². The van der Waals surface area contributed by atoms with Crippen molar-refractivity contribution in [2.24, 2.45) is 11.7 Å². The van der Waals surface area contributed by atoms with E-state index in [0.717, 1.165) is 22.3 Å². The number of amides is 4. The third-order valence-corrected chi connectivity index (χ3v) is 7.09. The van der Waals surface area contributed by atoms with Crippen molar-refractivity contribution in [2.45, 2.75) is 91.5 Å². The fraction of sp³-hybridized carbons (Fsp3) is 0.484. The lowest BCUT2D eigenvalue weighted by Gasteiger charge is -2.36. The quantitative estimate of drug-likeness (QED) is 0.395. The molecule has 9 nitrogen and oxygen atoms in total. The van der Waals surface area contributed by atoms with E-state index in [-0.39, 0.29) is 30.7 Å². The molecule has 1 saturated carbocycles. The predicted molar refractivity (Wildman–Crippen MR) is 154 cm³/mol. The van der Waals surface area contributed by atoms with E-state index in [9.17, 15) is 19.2 Å². The molecule has 40 heavy (non-hydrogen) atoms. The number of hydrogen-bond acceptors (Lipinski definition) is 5. The molecule has 3 rings (SSSR count). The molecular formula is C31H42N4O5. The topological polar surface area (TPSA) is 131 Å². The minimum Gasteiger partial charge on any atom is -0.444 e. The Labute approximate surface area is 236 Å². The number of nitrogens with two attached hydrogens (primary N) is 1. The van der Waals surface area contributed by atoms with E-state index in [1.165, 1.54) is 0 Å².